The predicted molar refractivity (Wildman–Crippen MR) is 144 cm³/mol. The lowest BCUT2D eigenvalue weighted by atomic mass is 10.1. The van der Waals surface area contributed by atoms with Crippen LogP contribution >= 0.6 is 35.1 Å². The first-order valence-electron chi connectivity index (χ1n) is 11.5. The second kappa shape index (κ2) is 11.1. The molecule has 0 saturated carbocycles. The molecule has 1 saturated heterocycles. The van der Waals surface area contributed by atoms with Crippen LogP contribution in [0.2, 0.25) is 0 Å². The molecule has 2 aliphatic rings. The zero-order chi connectivity index (χ0) is 25.1. The number of anilines is 2. The van der Waals surface area contributed by atoms with E-state index in [-0.39, 0.29) is 24.0 Å². The maximum Gasteiger partial charge on any atom is 0.404 e. The summed E-state index contributed by atoms with van der Waals surface area (Å²) >= 11 is 9.37. The summed E-state index contributed by atoms with van der Waals surface area (Å²) in [6.07, 6.45) is -1.08. The van der Waals surface area contributed by atoms with Crippen molar-refractivity contribution in [3.05, 3.63) is 58.9 Å². The van der Waals surface area contributed by atoms with Gasteiger partial charge in [-0.1, -0.05) is 35.7 Å². The lowest BCUT2D eigenvalue weighted by Gasteiger charge is -2.29. The van der Waals surface area contributed by atoms with E-state index < -0.39 is 6.09 Å². The van der Waals surface area contributed by atoms with Gasteiger partial charge in [-0.25, -0.2) is 4.79 Å². The molecule has 0 bridgehead atoms. The van der Waals surface area contributed by atoms with Crippen molar-refractivity contribution >= 4 is 52.6 Å². The Bertz CT molecular complexity index is 1330. The molecule has 1 amide bonds. The maximum atomic E-state index is 12.5. The van der Waals surface area contributed by atoms with Gasteiger partial charge in [-0.05, 0) is 30.3 Å². The molecule has 1 fully saturated rings. The molecule has 1 atom stereocenters. The van der Waals surface area contributed by atoms with Crippen molar-refractivity contribution in [3.8, 4) is 11.3 Å². The van der Waals surface area contributed by atoms with Gasteiger partial charge in [0.15, 0.2) is 0 Å². The Labute approximate surface area is 221 Å². The molecule has 8 nitrogen and oxygen atoms in total. The van der Waals surface area contributed by atoms with Crippen LogP contribution in [0, 0.1) is 0 Å². The number of aromatic amines is 1. The highest BCUT2D eigenvalue weighted by molar-refractivity contribution is 8.05. The molecule has 4 N–H and O–H groups in total. The molecule has 2 aliphatic heterocycles. The van der Waals surface area contributed by atoms with E-state index in [1.807, 2.05) is 24.3 Å². The normalized spacial score (nSPS) is 15.5. The van der Waals surface area contributed by atoms with E-state index in [1.54, 1.807) is 29.6 Å². The lowest BCUT2D eigenvalue weighted by Crippen LogP contribution is -2.36. The first-order valence-corrected chi connectivity index (χ1v) is 13.7. The molecule has 1 aromatic heterocycles. The van der Waals surface area contributed by atoms with E-state index in [0.717, 1.165) is 55.3 Å². The fourth-order valence-corrected chi connectivity index (χ4v) is 6.77. The number of rotatable bonds is 7. The molecule has 36 heavy (non-hydrogen) atoms. The van der Waals surface area contributed by atoms with Crippen molar-refractivity contribution in [2.75, 3.05) is 48.9 Å². The van der Waals surface area contributed by atoms with Crippen LogP contribution < -0.4 is 21.1 Å². The molecule has 3 heterocycles. The standard InChI is InChI=1S/C25H25ClN4O4S2/c26-13-16(14-27-25(32)33)28-15-4-5-20-22(10-15)35-21-3-1-2-18(24(21)36-20)19-11-17(12-23(31)29-19)30-6-8-34-9-7-30/h1-5,10-12,16,27-28H,6-9,13-14H2,(H,29,31)(H,32,33). The number of pyridine rings is 1. The first kappa shape index (κ1) is 24.9. The minimum absolute atomic E-state index is 0.123. The van der Waals surface area contributed by atoms with Crippen molar-refractivity contribution in [2.45, 2.75) is 25.6 Å². The van der Waals surface area contributed by atoms with E-state index in [0.29, 0.717) is 13.2 Å². The Hall–Kier alpha value is -2.79. The summed E-state index contributed by atoms with van der Waals surface area (Å²) in [7, 11) is 0. The second-order valence-electron chi connectivity index (χ2n) is 8.40. The number of aromatic nitrogens is 1. The van der Waals surface area contributed by atoms with Gasteiger partial charge in [-0.3, -0.25) is 4.79 Å². The number of carboxylic acid groups (broad SMARTS) is 1. The highest BCUT2D eigenvalue weighted by Crippen LogP contribution is 2.52. The third-order valence-electron chi connectivity index (χ3n) is 5.91. The largest absolute Gasteiger partial charge is 0.465 e. The van der Waals surface area contributed by atoms with Gasteiger partial charge in [-0.15, -0.1) is 11.6 Å². The van der Waals surface area contributed by atoms with Crippen LogP contribution in [0.4, 0.5) is 16.2 Å². The van der Waals surface area contributed by atoms with Crippen molar-refractivity contribution in [1.82, 2.24) is 10.3 Å². The number of hydrogen-bond donors (Lipinski definition) is 4. The van der Waals surface area contributed by atoms with Crippen molar-refractivity contribution in [2.24, 2.45) is 0 Å². The Morgan fingerprint density at radius 2 is 1.94 bits per heavy atom. The van der Waals surface area contributed by atoms with Gasteiger partial charge in [0.1, 0.15) is 0 Å². The van der Waals surface area contributed by atoms with Crippen molar-refractivity contribution in [3.63, 3.8) is 0 Å². The van der Waals surface area contributed by atoms with Gasteiger partial charge >= 0.3 is 6.09 Å². The van der Waals surface area contributed by atoms with Gasteiger partial charge in [0, 0.05) is 68.1 Å². The highest BCUT2D eigenvalue weighted by Gasteiger charge is 2.22. The summed E-state index contributed by atoms with van der Waals surface area (Å²) in [5, 5.41) is 14.5. The number of carbonyl (C=O) groups is 1. The maximum absolute atomic E-state index is 12.5. The Kier molecular flexibility index (Phi) is 7.66. The Morgan fingerprint density at radius 3 is 2.72 bits per heavy atom. The molecule has 188 valence electrons. The zero-order valence-electron chi connectivity index (χ0n) is 19.3. The fourth-order valence-electron chi connectivity index (χ4n) is 4.17. The molecule has 5 rings (SSSR count). The average molecular weight is 545 g/mol. The zero-order valence-corrected chi connectivity index (χ0v) is 21.6. The summed E-state index contributed by atoms with van der Waals surface area (Å²) in [5.74, 6) is 0.271. The summed E-state index contributed by atoms with van der Waals surface area (Å²) in [6, 6.07) is 15.7. The number of ether oxygens (including phenoxy) is 1. The Balaban J connectivity index is 1.40. The molecule has 0 radical (unpaired) electrons. The molecule has 0 aliphatic carbocycles. The van der Waals surface area contributed by atoms with Gasteiger partial charge in [0.25, 0.3) is 0 Å². The minimum atomic E-state index is -1.08. The molecule has 2 aromatic carbocycles. The second-order valence-corrected chi connectivity index (χ2v) is 10.8. The third-order valence-corrected chi connectivity index (χ3v) is 8.88. The Morgan fingerprint density at radius 1 is 1.11 bits per heavy atom. The number of amides is 1. The summed E-state index contributed by atoms with van der Waals surface area (Å²) in [6.45, 7) is 3.06. The van der Waals surface area contributed by atoms with E-state index in [4.69, 9.17) is 21.4 Å². The van der Waals surface area contributed by atoms with E-state index in [2.05, 4.69) is 38.7 Å². The topological polar surface area (TPSA) is 107 Å². The smallest absolute Gasteiger partial charge is 0.404 e. The van der Waals surface area contributed by atoms with Gasteiger partial charge in [0.2, 0.25) is 5.56 Å². The van der Waals surface area contributed by atoms with Crippen molar-refractivity contribution in [1.29, 1.82) is 0 Å². The van der Waals surface area contributed by atoms with Crippen LogP contribution in [0.3, 0.4) is 0 Å². The fraction of sp³-hybridized carbons (Fsp3) is 0.280. The summed E-state index contributed by atoms with van der Waals surface area (Å²) < 4.78 is 5.46. The summed E-state index contributed by atoms with van der Waals surface area (Å²) in [5.41, 5.74) is 3.45. The van der Waals surface area contributed by atoms with Gasteiger partial charge in [-0.2, -0.15) is 0 Å². The number of H-pyrrole nitrogens is 1. The number of fused-ring (bicyclic) bond motifs is 2. The van der Waals surface area contributed by atoms with Gasteiger partial charge < -0.3 is 30.4 Å². The highest BCUT2D eigenvalue weighted by atomic mass is 35.5. The SMILES string of the molecule is O=C(O)NCC(CCl)Nc1ccc2c(c1)Sc1cccc(-c3cc(N4CCOCC4)cc(=O)[nH]3)c1S2. The molecular formula is C25H25ClN4O4S2. The molecule has 0 spiro atoms. The monoisotopic (exact) mass is 544 g/mol. The number of hydrogen-bond acceptors (Lipinski definition) is 7. The summed E-state index contributed by atoms with van der Waals surface area (Å²) in [4.78, 5) is 33.0. The van der Waals surface area contributed by atoms with Crippen LogP contribution in [0.5, 0.6) is 0 Å². The first-order chi connectivity index (χ1) is 17.5. The van der Waals surface area contributed by atoms with Gasteiger partial charge in [0.05, 0.1) is 24.9 Å². The third kappa shape index (κ3) is 5.62. The van der Waals surface area contributed by atoms with Crippen LogP contribution in [0.25, 0.3) is 11.3 Å². The predicted octanol–water partition coefficient (Wildman–Crippen LogP) is 4.78. The number of benzene rings is 2. The van der Waals surface area contributed by atoms with Crippen LogP contribution in [0.15, 0.2) is 72.9 Å². The average Bonchev–Trinajstić information content (AvgIpc) is 2.89. The van der Waals surface area contributed by atoms with Crippen LogP contribution in [-0.2, 0) is 4.74 Å². The molecule has 11 heteroatoms. The molecular weight excluding hydrogens is 520 g/mol. The molecule has 3 aromatic rings. The van der Waals surface area contributed by atoms with Crippen LogP contribution in [-0.4, -0.2) is 61.0 Å². The quantitative estimate of drug-likeness (QED) is 0.246. The number of halogens is 1. The number of nitrogens with one attached hydrogen (secondary N) is 3. The number of morpholine rings is 1. The van der Waals surface area contributed by atoms with E-state index >= 15 is 0 Å². The number of alkyl halides is 1. The van der Waals surface area contributed by atoms with Crippen molar-refractivity contribution < 1.29 is 14.6 Å². The molecule has 1 unspecified atom stereocenters. The number of nitrogens with zero attached hydrogens (tertiary/aromatic N) is 1. The van der Waals surface area contributed by atoms with Crippen LogP contribution in [0.1, 0.15) is 0 Å². The van der Waals surface area contributed by atoms with E-state index in [9.17, 15) is 9.59 Å². The minimum Gasteiger partial charge on any atom is -0.465 e. The lowest BCUT2D eigenvalue weighted by molar-refractivity contribution is 0.122. The van der Waals surface area contributed by atoms with E-state index in [1.165, 1.54) is 0 Å².